The van der Waals surface area contributed by atoms with E-state index in [0.717, 1.165) is 51.2 Å². The van der Waals surface area contributed by atoms with Gasteiger partial charge >= 0.3 is 0 Å². The molecule has 0 unspecified atom stereocenters. The number of rotatable bonds is 9. The fourth-order valence-electron chi connectivity index (χ4n) is 5.78. The summed E-state index contributed by atoms with van der Waals surface area (Å²) in [4.78, 5) is 7.01. The molecule has 0 saturated heterocycles. The van der Waals surface area contributed by atoms with Gasteiger partial charge in [0.25, 0.3) is 0 Å². The maximum Gasteiger partial charge on any atom is 0.0723 e. The van der Waals surface area contributed by atoms with Gasteiger partial charge < -0.3 is 14.7 Å². The van der Waals surface area contributed by atoms with Crippen molar-refractivity contribution in [2.75, 3.05) is 14.7 Å². The van der Waals surface area contributed by atoms with E-state index in [9.17, 15) is 0 Å². The topological polar surface area (TPSA) is 9.72 Å². The minimum Gasteiger partial charge on any atom is -0.310 e. The van der Waals surface area contributed by atoms with Crippen molar-refractivity contribution < 1.29 is 0 Å². The molecule has 45 heavy (non-hydrogen) atoms. The minimum absolute atomic E-state index is 1.05. The zero-order chi connectivity index (χ0) is 30.3. The Morgan fingerprint density at radius 2 is 0.467 bits per heavy atom. The Hall–Kier alpha value is -6.06. The van der Waals surface area contributed by atoms with E-state index in [1.807, 2.05) is 0 Å². The van der Waals surface area contributed by atoms with Crippen molar-refractivity contribution in [2.24, 2.45) is 0 Å². The summed E-state index contributed by atoms with van der Waals surface area (Å²) in [6, 6.07) is 70.3. The molecule has 0 amide bonds. The van der Waals surface area contributed by atoms with Crippen LogP contribution in [0, 0.1) is 0 Å². The molecule has 0 fully saturated rings. The van der Waals surface area contributed by atoms with Gasteiger partial charge in [0.15, 0.2) is 0 Å². The molecule has 0 aliphatic heterocycles. The van der Waals surface area contributed by atoms with Crippen molar-refractivity contribution in [3.8, 4) is 0 Å². The molecule has 0 aliphatic carbocycles. The Labute approximate surface area is 265 Å². The summed E-state index contributed by atoms with van der Waals surface area (Å²) in [5.74, 6) is 0. The molecule has 7 aromatic carbocycles. The predicted octanol–water partition coefficient (Wildman–Crippen LogP) is 12.1. The average molecular weight is 580 g/mol. The highest BCUT2D eigenvalue weighted by Crippen LogP contribution is 2.48. The first-order chi connectivity index (χ1) is 22.4. The summed E-state index contributed by atoms with van der Waals surface area (Å²) in [5.41, 5.74) is 9.68. The van der Waals surface area contributed by atoms with Crippen LogP contribution in [-0.2, 0) is 0 Å². The van der Waals surface area contributed by atoms with Gasteiger partial charge in [0.2, 0.25) is 0 Å². The number of hydrogen-bond acceptors (Lipinski definition) is 3. The molecular weight excluding hydrogens is 546 g/mol. The second-order valence-electron chi connectivity index (χ2n) is 10.7. The van der Waals surface area contributed by atoms with Gasteiger partial charge in [0, 0.05) is 39.8 Å². The maximum atomic E-state index is 2.35. The van der Waals surface area contributed by atoms with Crippen LogP contribution in [0.25, 0.3) is 0 Å². The quantitative estimate of drug-likeness (QED) is 0.168. The molecule has 0 saturated carbocycles. The van der Waals surface area contributed by atoms with E-state index in [1.165, 1.54) is 0 Å². The number of nitrogens with zero attached hydrogens (tertiary/aromatic N) is 3. The average Bonchev–Trinajstić information content (AvgIpc) is 3.12. The van der Waals surface area contributed by atoms with Gasteiger partial charge in [-0.2, -0.15) is 0 Å². The smallest absolute Gasteiger partial charge is 0.0723 e. The number of benzene rings is 7. The van der Waals surface area contributed by atoms with Gasteiger partial charge in [0.1, 0.15) is 0 Å². The highest BCUT2D eigenvalue weighted by molar-refractivity contribution is 5.94. The predicted molar refractivity (Wildman–Crippen MR) is 190 cm³/mol. The molecule has 0 N–H and O–H groups in total. The Morgan fingerprint density at radius 1 is 0.200 bits per heavy atom. The van der Waals surface area contributed by atoms with E-state index in [-0.39, 0.29) is 0 Å². The van der Waals surface area contributed by atoms with Gasteiger partial charge in [-0.15, -0.1) is 0 Å². The lowest BCUT2D eigenvalue weighted by Crippen LogP contribution is -2.18. The molecule has 3 heteroatoms. The lowest BCUT2D eigenvalue weighted by Gasteiger charge is -2.35. The molecule has 0 aromatic heterocycles. The van der Waals surface area contributed by atoms with Crippen molar-refractivity contribution in [3.63, 3.8) is 0 Å². The van der Waals surface area contributed by atoms with Crippen LogP contribution in [0.4, 0.5) is 51.2 Å². The van der Waals surface area contributed by atoms with Gasteiger partial charge in [-0.25, -0.2) is 0 Å². The van der Waals surface area contributed by atoms with Crippen LogP contribution < -0.4 is 14.7 Å². The molecule has 216 valence electrons. The van der Waals surface area contributed by atoms with Crippen LogP contribution in [0.1, 0.15) is 0 Å². The lowest BCUT2D eigenvalue weighted by atomic mass is 10.1. The molecule has 0 bridgehead atoms. The second-order valence-corrected chi connectivity index (χ2v) is 10.7. The molecule has 0 spiro atoms. The Balaban J connectivity index is 1.53. The third-order valence-corrected chi connectivity index (χ3v) is 7.79. The first-order valence-corrected chi connectivity index (χ1v) is 15.2. The van der Waals surface area contributed by atoms with Crippen LogP contribution >= 0.6 is 0 Å². The van der Waals surface area contributed by atoms with Gasteiger partial charge in [-0.3, -0.25) is 0 Å². The van der Waals surface area contributed by atoms with Gasteiger partial charge in [-0.1, -0.05) is 109 Å². The van der Waals surface area contributed by atoms with Gasteiger partial charge in [-0.05, 0) is 91.0 Å². The molecule has 0 radical (unpaired) electrons. The number of hydrogen-bond donors (Lipinski definition) is 0. The van der Waals surface area contributed by atoms with Gasteiger partial charge in [0.05, 0.1) is 11.4 Å². The van der Waals surface area contributed by atoms with Crippen molar-refractivity contribution in [3.05, 3.63) is 200 Å². The molecule has 0 atom stereocenters. The lowest BCUT2D eigenvalue weighted by molar-refractivity contribution is 1.21. The van der Waals surface area contributed by atoms with Crippen LogP contribution in [0.2, 0.25) is 0 Å². The fourth-order valence-corrected chi connectivity index (χ4v) is 5.78. The van der Waals surface area contributed by atoms with Crippen molar-refractivity contribution in [1.29, 1.82) is 0 Å². The van der Waals surface area contributed by atoms with E-state index in [0.29, 0.717) is 0 Å². The van der Waals surface area contributed by atoms with Crippen LogP contribution in [0.15, 0.2) is 200 Å². The fraction of sp³-hybridized carbons (Fsp3) is 0. The summed E-state index contributed by atoms with van der Waals surface area (Å²) < 4.78 is 0. The molecule has 7 rings (SSSR count). The monoisotopic (exact) mass is 579 g/mol. The largest absolute Gasteiger partial charge is 0.310 e. The molecule has 0 heterocycles. The van der Waals surface area contributed by atoms with Crippen LogP contribution in [0.3, 0.4) is 0 Å². The summed E-state index contributed by atoms with van der Waals surface area (Å²) in [6.45, 7) is 0. The van der Waals surface area contributed by atoms with E-state index >= 15 is 0 Å². The first-order valence-electron chi connectivity index (χ1n) is 15.2. The molecule has 0 aliphatic rings. The summed E-state index contributed by atoms with van der Waals surface area (Å²) in [6.07, 6.45) is 0. The molecule has 7 aromatic rings. The van der Waals surface area contributed by atoms with E-state index in [1.54, 1.807) is 0 Å². The van der Waals surface area contributed by atoms with Crippen molar-refractivity contribution >= 4 is 51.2 Å². The van der Waals surface area contributed by atoms with Crippen molar-refractivity contribution in [2.45, 2.75) is 0 Å². The van der Waals surface area contributed by atoms with Crippen molar-refractivity contribution in [1.82, 2.24) is 0 Å². The normalized spacial score (nSPS) is 10.7. The standard InChI is InChI=1S/C42H33N3/c1-7-19-34(20-8-1)43(35-21-9-2-10-22-35)40-31-32-41(44(36-23-11-3-12-24-36)37-25-13-4-14-26-37)42(33-40)45(38-27-15-5-16-28-38)39-29-17-6-18-30-39/h1-33H. The summed E-state index contributed by atoms with van der Waals surface area (Å²) >= 11 is 0. The second kappa shape index (κ2) is 13.1. The Morgan fingerprint density at radius 3 is 0.778 bits per heavy atom. The number of para-hydroxylation sites is 6. The van der Waals surface area contributed by atoms with Crippen LogP contribution in [-0.4, -0.2) is 0 Å². The zero-order valence-electron chi connectivity index (χ0n) is 24.9. The highest BCUT2D eigenvalue weighted by atomic mass is 15.2. The summed E-state index contributed by atoms with van der Waals surface area (Å²) in [5, 5.41) is 0. The van der Waals surface area contributed by atoms with E-state index < -0.39 is 0 Å². The number of anilines is 9. The Kier molecular flexibility index (Phi) is 8.06. The third kappa shape index (κ3) is 5.93. The molecule has 3 nitrogen and oxygen atoms in total. The minimum atomic E-state index is 1.05. The zero-order valence-corrected chi connectivity index (χ0v) is 24.9. The maximum absolute atomic E-state index is 2.35. The van der Waals surface area contributed by atoms with E-state index in [4.69, 9.17) is 0 Å². The summed E-state index contributed by atoms with van der Waals surface area (Å²) in [7, 11) is 0. The van der Waals surface area contributed by atoms with E-state index in [2.05, 4.69) is 215 Å². The SMILES string of the molecule is c1ccc(N(c2ccccc2)c2ccc(N(c3ccccc3)c3ccccc3)c(N(c3ccccc3)c3ccccc3)c2)cc1. The first kappa shape index (κ1) is 27.8. The Bertz CT molecular complexity index is 1810. The molecular formula is C42H33N3. The highest BCUT2D eigenvalue weighted by Gasteiger charge is 2.24. The third-order valence-electron chi connectivity index (χ3n) is 7.79. The van der Waals surface area contributed by atoms with Crippen LogP contribution in [0.5, 0.6) is 0 Å².